The first-order valence-corrected chi connectivity index (χ1v) is 6.11. The molecule has 0 saturated heterocycles. The third-order valence-electron chi connectivity index (χ3n) is 3.14. The van der Waals surface area contributed by atoms with Gasteiger partial charge in [-0.25, -0.2) is 14.2 Å². The van der Waals surface area contributed by atoms with Crippen molar-refractivity contribution in [3.05, 3.63) is 64.0 Å². The average Bonchev–Trinajstić information content (AvgIpc) is 2.76. The van der Waals surface area contributed by atoms with E-state index < -0.39 is 5.76 Å². The summed E-state index contributed by atoms with van der Waals surface area (Å²) in [6.07, 6.45) is 1.57. The number of rotatable bonds is 3. The molecule has 0 aliphatic carbocycles. The Morgan fingerprint density at radius 3 is 2.95 bits per heavy atom. The zero-order chi connectivity index (χ0) is 14.1. The first-order chi connectivity index (χ1) is 9.69. The van der Waals surface area contributed by atoms with Gasteiger partial charge in [-0.15, -0.1) is 0 Å². The molecule has 0 bridgehead atoms. The summed E-state index contributed by atoms with van der Waals surface area (Å²) in [5, 5.41) is 0. The van der Waals surface area contributed by atoms with Crippen molar-refractivity contribution in [2.75, 3.05) is 0 Å². The van der Waals surface area contributed by atoms with Crippen LogP contribution in [0.4, 0.5) is 4.39 Å². The van der Waals surface area contributed by atoms with Crippen LogP contribution in [0.5, 0.6) is 0 Å². The maximum Gasteiger partial charge on any atom is 0.421 e. The molecule has 0 fully saturated rings. The van der Waals surface area contributed by atoms with Crippen LogP contribution in [0, 0.1) is 5.82 Å². The molecule has 3 rings (SSSR count). The fourth-order valence-electron chi connectivity index (χ4n) is 2.15. The van der Waals surface area contributed by atoms with E-state index in [9.17, 15) is 9.18 Å². The van der Waals surface area contributed by atoms with Crippen LogP contribution in [0.15, 0.2) is 45.7 Å². The van der Waals surface area contributed by atoms with Crippen LogP contribution in [0.25, 0.3) is 11.2 Å². The molecule has 102 valence electrons. The Bertz CT molecular complexity index is 823. The fourth-order valence-corrected chi connectivity index (χ4v) is 2.15. The first kappa shape index (κ1) is 12.6. The lowest BCUT2D eigenvalue weighted by Gasteiger charge is -2.08. The molecule has 20 heavy (non-hydrogen) atoms. The van der Waals surface area contributed by atoms with E-state index in [0.717, 1.165) is 5.56 Å². The average molecular weight is 273 g/mol. The highest BCUT2D eigenvalue weighted by atomic mass is 19.1. The van der Waals surface area contributed by atoms with E-state index in [2.05, 4.69) is 4.98 Å². The molecule has 3 aromatic rings. The lowest BCUT2D eigenvalue weighted by molar-refractivity contribution is 0.516. The largest absolute Gasteiger partial charge is 0.421 e. The van der Waals surface area contributed by atoms with E-state index in [4.69, 9.17) is 10.2 Å². The molecular formula is C14H12FN3O2. The van der Waals surface area contributed by atoms with Crippen LogP contribution in [0.2, 0.25) is 0 Å². The molecule has 2 aromatic heterocycles. The summed E-state index contributed by atoms with van der Waals surface area (Å²) in [4.78, 5) is 16.0. The number of halogens is 1. The predicted octanol–water partition coefficient (Wildman–Crippen LogP) is 1.64. The number of benzene rings is 1. The van der Waals surface area contributed by atoms with E-state index in [1.165, 1.54) is 16.7 Å². The number of pyridine rings is 1. The van der Waals surface area contributed by atoms with Gasteiger partial charge in [0.25, 0.3) is 0 Å². The summed E-state index contributed by atoms with van der Waals surface area (Å²) in [6, 6.07) is 7.68. The summed E-state index contributed by atoms with van der Waals surface area (Å²) in [5.41, 5.74) is 7.89. The Morgan fingerprint density at radius 1 is 1.30 bits per heavy atom. The highest BCUT2D eigenvalue weighted by molar-refractivity contribution is 5.67. The molecule has 0 unspecified atom stereocenters. The van der Waals surface area contributed by atoms with Gasteiger partial charge in [0.2, 0.25) is 0 Å². The van der Waals surface area contributed by atoms with Crippen molar-refractivity contribution >= 4 is 11.2 Å². The maximum absolute atomic E-state index is 13.4. The summed E-state index contributed by atoms with van der Waals surface area (Å²) < 4.78 is 19.8. The molecule has 0 spiro atoms. The van der Waals surface area contributed by atoms with Crippen molar-refractivity contribution in [2.45, 2.75) is 13.1 Å². The van der Waals surface area contributed by atoms with Crippen LogP contribution in [-0.4, -0.2) is 9.55 Å². The van der Waals surface area contributed by atoms with Gasteiger partial charge in [-0.1, -0.05) is 6.07 Å². The van der Waals surface area contributed by atoms with Crippen molar-refractivity contribution in [2.24, 2.45) is 5.73 Å². The molecule has 0 saturated carbocycles. The van der Waals surface area contributed by atoms with Gasteiger partial charge in [0, 0.05) is 12.7 Å². The van der Waals surface area contributed by atoms with E-state index in [0.29, 0.717) is 16.8 Å². The Balaban J connectivity index is 2.12. The third-order valence-corrected chi connectivity index (χ3v) is 3.14. The van der Waals surface area contributed by atoms with E-state index >= 15 is 0 Å². The van der Waals surface area contributed by atoms with Gasteiger partial charge in [0.05, 0.1) is 6.54 Å². The molecule has 0 atom stereocenters. The zero-order valence-electron chi connectivity index (χ0n) is 10.5. The van der Waals surface area contributed by atoms with Crippen molar-refractivity contribution in [1.29, 1.82) is 0 Å². The number of hydrogen-bond donors (Lipinski definition) is 1. The normalized spacial score (nSPS) is 11.1. The molecular weight excluding hydrogens is 261 g/mol. The van der Waals surface area contributed by atoms with Gasteiger partial charge in [-0.05, 0) is 35.4 Å². The Kier molecular flexibility index (Phi) is 3.08. The topological polar surface area (TPSA) is 74.0 Å². The van der Waals surface area contributed by atoms with Gasteiger partial charge < -0.3 is 10.2 Å². The van der Waals surface area contributed by atoms with Gasteiger partial charge in [-0.3, -0.25) is 4.57 Å². The second-order valence-corrected chi connectivity index (χ2v) is 4.40. The van der Waals surface area contributed by atoms with Crippen molar-refractivity contribution in [3.8, 4) is 0 Å². The highest BCUT2D eigenvalue weighted by Gasteiger charge is 2.12. The number of nitrogens with two attached hydrogens (primary N) is 1. The SMILES string of the molecule is NCc1ccc(F)cc1Cn1c(=O)oc2cccnc21. The first-order valence-electron chi connectivity index (χ1n) is 6.11. The molecule has 0 amide bonds. The second-order valence-electron chi connectivity index (χ2n) is 4.40. The smallest absolute Gasteiger partial charge is 0.406 e. The van der Waals surface area contributed by atoms with Gasteiger partial charge >= 0.3 is 5.76 Å². The van der Waals surface area contributed by atoms with E-state index in [1.807, 2.05) is 0 Å². The van der Waals surface area contributed by atoms with Gasteiger partial charge in [-0.2, -0.15) is 0 Å². The molecule has 6 heteroatoms. The second kappa shape index (κ2) is 4.90. The summed E-state index contributed by atoms with van der Waals surface area (Å²) in [5.74, 6) is -0.892. The van der Waals surface area contributed by atoms with Crippen molar-refractivity contribution < 1.29 is 8.81 Å². The fraction of sp³-hybridized carbons (Fsp3) is 0.143. The number of fused-ring (bicyclic) bond motifs is 1. The quantitative estimate of drug-likeness (QED) is 0.787. The Morgan fingerprint density at radius 2 is 2.15 bits per heavy atom. The standard InChI is InChI=1S/C14H12FN3O2/c15-11-4-3-9(7-16)10(6-11)8-18-13-12(20-14(18)19)2-1-5-17-13/h1-6H,7-8,16H2. The zero-order valence-corrected chi connectivity index (χ0v) is 10.5. The van der Waals surface area contributed by atoms with Crippen LogP contribution in [0.1, 0.15) is 11.1 Å². The number of nitrogens with zero attached hydrogens (tertiary/aromatic N) is 2. The third kappa shape index (κ3) is 2.10. The molecule has 2 heterocycles. The molecule has 1 aromatic carbocycles. The lowest BCUT2D eigenvalue weighted by Crippen LogP contribution is -2.17. The van der Waals surface area contributed by atoms with E-state index in [1.54, 1.807) is 24.4 Å². The van der Waals surface area contributed by atoms with Crippen LogP contribution >= 0.6 is 0 Å². The molecule has 0 aliphatic heterocycles. The van der Waals surface area contributed by atoms with Crippen molar-refractivity contribution in [3.63, 3.8) is 0 Å². The molecule has 0 radical (unpaired) electrons. The monoisotopic (exact) mass is 273 g/mol. The molecule has 0 aliphatic rings. The molecule has 5 nitrogen and oxygen atoms in total. The number of oxazole rings is 1. The minimum absolute atomic E-state index is 0.174. The predicted molar refractivity (Wildman–Crippen MR) is 71.7 cm³/mol. The minimum Gasteiger partial charge on any atom is -0.406 e. The Hall–Kier alpha value is -2.47. The van der Waals surface area contributed by atoms with Crippen LogP contribution < -0.4 is 11.5 Å². The number of aromatic nitrogens is 2. The number of hydrogen-bond acceptors (Lipinski definition) is 4. The van der Waals surface area contributed by atoms with Gasteiger partial charge in [0.1, 0.15) is 5.82 Å². The maximum atomic E-state index is 13.4. The lowest BCUT2D eigenvalue weighted by atomic mass is 10.1. The van der Waals surface area contributed by atoms with Crippen LogP contribution in [-0.2, 0) is 13.1 Å². The summed E-state index contributed by atoms with van der Waals surface area (Å²) in [6.45, 7) is 0.445. The molecule has 2 N–H and O–H groups in total. The summed E-state index contributed by atoms with van der Waals surface area (Å²) in [7, 11) is 0. The van der Waals surface area contributed by atoms with Crippen molar-refractivity contribution in [1.82, 2.24) is 9.55 Å². The minimum atomic E-state index is -0.522. The summed E-state index contributed by atoms with van der Waals surface area (Å²) >= 11 is 0. The van der Waals surface area contributed by atoms with Crippen LogP contribution in [0.3, 0.4) is 0 Å². The van der Waals surface area contributed by atoms with Gasteiger partial charge in [0.15, 0.2) is 11.2 Å². The highest BCUT2D eigenvalue weighted by Crippen LogP contribution is 2.15. The Labute approximate surface area is 113 Å². The van der Waals surface area contributed by atoms with E-state index in [-0.39, 0.29) is 18.9 Å².